The molecule has 5 nitrogen and oxygen atoms in total. The number of pyridine rings is 1. The van der Waals surface area contributed by atoms with Gasteiger partial charge in [-0.05, 0) is 55.0 Å². The zero-order valence-electron chi connectivity index (χ0n) is 21.4. The second-order valence-electron chi connectivity index (χ2n) is 11.1. The van der Waals surface area contributed by atoms with E-state index >= 15 is 0 Å². The summed E-state index contributed by atoms with van der Waals surface area (Å²) in [5.41, 5.74) is 0.652. The molecule has 196 valence electrons. The molecule has 2 aromatic rings. The third kappa shape index (κ3) is 6.27. The van der Waals surface area contributed by atoms with Crippen LogP contribution in [0.5, 0.6) is 0 Å². The van der Waals surface area contributed by atoms with Crippen LogP contribution in [-0.4, -0.2) is 59.5 Å². The van der Waals surface area contributed by atoms with Crippen molar-refractivity contribution >= 4 is 5.91 Å². The zero-order valence-corrected chi connectivity index (χ0v) is 21.4. The number of hydrogen-bond acceptors (Lipinski definition) is 4. The van der Waals surface area contributed by atoms with Crippen molar-refractivity contribution in [3.63, 3.8) is 0 Å². The summed E-state index contributed by atoms with van der Waals surface area (Å²) in [6, 6.07) is 12.1. The van der Waals surface area contributed by atoms with Crippen LogP contribution >= 0.6 is 0 Å². The molecule has 4 rings (SSSR count). The Labute approximate surface area is 212 Å². The highest BCUT2D eigenvalue weighted by atomic mass is 19.4. The van der Waals surface area contributed by atoms with Gasteiger partial charge in [0.2, 0.25) is 5.91 Å². The number of aromatic nitrogens is 1. The number of piperazine rings is 1. The molecule has 2 aliphatic rings. The predicted molar refractivity (Wildman–Crippen MR) is 134 cm³/mol. The summed E-state index contributed by atoms with van der Waals surface area (Å²) < 4.78 is 39.5. The molecule has 2 atom stereocenters. The molecule has 1 aromatic heterocycles. The molecule has 1 aromatic carbocycles. The highest BCUT2D eigenvalue weighted by Crippen LogP contribution is 2.36. The molecule has 0 spiro atoms. The minimum atomic E-state index is -4.43. The van der Waals surface area contributed by atoms with Gasteiger partial charge in [0, 0.05) is 38.3 Å². The number of piperidine rings is 1. The Bertz CT molecular complexity index is 998. The molecule has 3 heterocycles. The van der Waals surface area contributed by atoms with Gasteiger partial charge in [-0.25, -0.2) is 0 Å². The van der Waals surface area contributed by atoms with Crippen LogP contribution in [0.3, 0.4) is 0 Å². The molecule has 36 heavy (non-hydrogen) atoms. The summed E-state index contributed by atoms with van der Waals surface area (Å²) in [6.45, 7) is 10.2. The van der Waals surface area contributed by atoms with Gasteiger partial charge < -0.3 is 10.2 Å². The molecule has 0 aliphatic carbocycles. The first kappa shape index (κ1) is 26.6. The molecule has 0 radical (unpaired) electrons. The summed E-state index contributed by atoms with van der Waals surface area (Å²) >= 11 is 0. The van der Waals surface area contributed by atoms with Gasteiger partial charge in [0.05, 0.1) is 17.3 Å². The zero-order chi connectivity index (χ0) is 25.9. The van der Waals surface area contributed by atoms with E-state index in [4.69, 9.17) is 0 Å². The second kappa shape index (κ2) is 10.9. The highest BCUT2D eigenvalue weighted by molar-refractivity contribution is 5.77. The van der Waals surface area contributed by atoms with Crippen LogP contribution in [0.15, 0.2) is 48.7 Å². The van der Waals surface area contributed by atoms with Crippen molar-refractivity contribution in [2.45, 2.75) is 58.3 Å². The molecule has 1 amide bonds. The fraction of sp³-hybridized carbons (Fsp3) is 0.571. The third-order valence-corrected chi connectivity index (χ3v) is 7.53. The average Bonchev–Trinajstić information content (AvgIpc) is 2.85. The van der Waals surface area contributed by atoms with Gasteiger partial charge in [-0.15, -0.1) is 0 Å². The van der Waals surface area contributed by atoms with Gasteiger partial charge in [0.1, 0.15) is 0 Å². The number of hydrogen-bond donors (Lipinski definition) is 1. The van der Waals surface area contributed by atoms with Crippen molar-refractivity contribution in [2.75, 3.05) is 32.7 Å². The third-order valence-electron chi connectivity index (χ3n) is 7.53. The lowest BCUT2D eigenvalue weighted by Crippen LogP contribution is -2.60. The van der Waals surface area contributed by atoms with Crippen LogP contribution in [0.1, 0.15) is 62.9 Å². The summed E-state index contributed by atoms with van der Waals surface area (Å²) in [6.07, 6.45) is -0.864. The van der Waals surface area contributed by atoms with Crippen molar-refractivity contribution < 1.29 is 18.0 Å². The van der Waals surface area contributed by atoms with Gasteiger partial charge in [-0.2, -0.15) is 13.2 Å². The van der Waals surface area contributed by atoms with Crippen LogP contribution < -0.4 is 5.32 Å². The number of halogens is 3. The summed E-state index contributed by atoms with van der Waals surface area (Å²) in [7, 11) is 0. The maximum atomic E-state index is 13.4. The summed E-state index contributed by atoms with van der Waals surface area (Å²) in [4.78, 5) is 22.0. The average molecular weight is 503 g/mol. The van der Waals surface area contributed by atoms with Gasteiger partial charge in [-0.3, -0.25) is 14.7 Å². The van der Waals surface area contributed by atoms with E-state index < -0.39 is 11.7 Å². The molecule has 2 unspecified atom stereocenters. The summed E-state index contributed by atoms with van der Waals surface area (Å²) in [5, 5.41) is 3.36. The van der Waals surface area contributed by atoms with Crippen molar-refractivity contribution in [2.24, 2.45) is 11.3 Å². The van der Waals surface area contributed by atoms with Crippen LogP contribution in [0.25, 0.3) is 0 Å². The Hall–Kier alpha value is -2.45. The molecule has 0 saturated carbocycles. The first-order valence-electron chi connectivity index (χ1n) is 12.9. The number of nitrogens with zero attached hydrogens (tertiary/aromatic N) is 3. The van der Waals surface area contributed by atoms with Crippen molar-refractivity contribution in [1.82, 2.24) is 20.1 Å². The standard InChI is InChI=1S/C28H37F3N4O/c1-27(2,3)24-19-34(15-16-35(24)25(36)17-20-11-13-32-14-12-20)26(21-7-5-4-6-8-21)23-10-9-22(18-33-23)28(29,30)31/h4-10,18,20,24,26,32H,11-17,19H2,1-3H3. The van der Waals surface area contributed by atoms with E-state index in [1.165, 1.54) is 6.07 Å². The van der Waals surface area contributed by atoms with E-state index in [1.807, 2.05) is 30.3 Å². The maximum Gasteiger partial charge on any atom is 0.417 e. The quantitative estimate of drug-likeness (QED) is 0.615. The Balaban J connectivity index is 1.59. The van der Waals surface area contributed by atoms with E-state index in [0.717, 1.165) is 43.8 Å². The molecule has 2 fully saturated rings. The van der Waals surface area contributed by atoms with Crippen LogP contribution in [0.4, 0.5) is 13.2 Å². The Morgan fingerprint density at radius 1 is 1.06 bits per heavy atom. The molecular formula is C28H37F3N4O. The number of nitrogens with one attached hydrogen (secondary N) is 1. The van der Waals surface area contributed by atoms with E-state index in [9.17, 15) is 18.0 Å². The monoisotopic (exact) mass is 502 g/mol. The lowest BCUT2D eigenvalue weighted by Gasteiger charge is -2.49. The fourth-order valence-corrected chi connectivity index (χ4v) is 5.47. The molecular weight excluding hydrogens is 465 g/mol. The van der Waals surface area contributed by atoms with E-state index in [1.54, 1.807) is 0 Å². The number of alkyl halides is 3. The minimum Gasteiger partial charge on any atom is -0.337 e. The van der Waals surface area contributed by atoms with Crippen LogP contribution in [0.2, 0.25) is 0 Å². The number of carbonyl (C=O) groups is 1. The Morgan fingerprint density at radius 3 is 2.33 bits per heavy atom. The fourth-order valence-electron chi connectivity index (χ4n) is 5.47. The molecule has 1 N–H and O–H groups in total. The smallest absolute Gasteiger partial charge is 0.337 e. The van der Waals surface area contributed by atoms with Gasteiger partial charge in [0.15, 0.2) is 0 Å². The number of benzene rings is 1. The summed E-state index contributed by atoms with van der Waals surface area (Å²) in [5.74, 6) is 0.635. The van der Waals surface area contributed by atoms with E-state index in [2.05, 4.69) is 40.9 Å². The minimum absolute atomic E-state index is 0.0128. The predicted octanol–water partition coefficient (Wildman–Crippen LogP) is 5.14. The van der Waals surface area contributed by atoms with Crippen molar-refractivity contribution in [3.8, 4) is 0 Å². The normalized spacial score (nSPS) is 21.4. The lowest BCUT2D eigenvalue weighted by atomic mass is 9.82. The van der Waals surface area contributed by atoms with Crippen LogP contribution in [-0.2, 0) is 11.0 Å². The molecule has 2 aliphatic heterocycles. The van der Waals surface area contributed by atoms with E-state index in [0.29, 0.717) is 37.7 Å². The molecule has 8 heteroatoms. The van der Waals surface area contributed by atoms with Crippen molar-refractivity contribution in [3.05, 3.63) is 65.5 Å². The Kier molecular flexibility index (Phi) is 8.05. The number of rotatable bonds is 5. The topological polar surface area (TPSA) is 48.5 Å². The highest BCUT2D eigenvalue weighted by Gasteiger charge is 2.41. The molecule has 0 bridgehead atoms. The second-order valence-corrected chi connectivity index (χ2v) is 11.1. The molecule has 2 saturated heterocycles. The van der Waals surface area contributed by atoms with Gasteiger partial charge in [0.25, 0.3) is 0 Å². The SMILES string of the molecule is CC(C)(C)C1CN(C(c2ccccc2)c2ccc(C(F)(F)F)cn2)CCN1C(=O)CC1CCNCC1. The van der Waals surface area contributed by atoms with Crippen molar-refractivity contribution in [1.29, 1.82) is 0 Å². The van der Waals surface area contributed by atoms with Gasteiger partial charge in [-0.1, -0.05) is 51.1 Å². The maximum absolute atomic E-state index is 13.4. The Morgan fingerprint density at radius 2 is 1.75 bits per heavy atom. The first-order valence-corrected chi connectivity index (χ1v) is 12.9. The van der Waals surface area contributed by atoms with Crippen LogP contribution in [0, 0.1) is 11.3 Å². The lowest BCUT2D eigenvalue weighted by molar-refractivity contribution is -0.141. The van der Waals surface area contributed by atoms with Gasteiger partial charge >= 0.3 is 6.18 Å². The number of carbonyl (C=O) groups excluding carboxylic acids is 1. The van der Waals surface area contributed by atoms with E-state index in [-0.39, 0.29) is 23.4 Å². The first-order chi connectivity index (χ1) is 17.0. The largest absolute Gasteiger partial charge is 0.417 e. The number of amides is 1.